The highest BCUT2D eigenvalue weighted by Gasteiger charge is 2.24. The molecule has 3 aromatic heterocycles. The van der Waals surface area contributed by atoms with Crippen LogP contribution < -0.4 is 4.90 Å². The number of thiazole rings is 1. The Balaban J connectivity index is 1.65. The summed E-state index contributed by atoms with van der Waals surface area (Å²) in [5.74, 6) is 0.0816. The normalized spacial score (nSPS) is 11.2. The Bertz CT molecular complexity index is 1020. The summed E-state index contributed by atoms with van der Waals surface area (Å²) in [4.78, 5) is 23.4. The van der Waals surface area contributed by atoms with E-state index in [2.05, 4.69) is 4.98 Å². The van der Waals surface area contributed by atoms with Gasteiger partial charge in [0.2, 0.25) is 0 Å². The number of benzene rings is 1. The Morgan fingerprint density at radius 1 is 1.37 bits per heavy atom. The van der Waals surface area contributed by atoms with Crippen LogP contribution >= 0.6 is 22.9 Å². The van der Waals surface area contributed by atoms with Gasteiger partial charge in [-0.2, -0.15) is 0 Å². The molecule has 0 unspecified atom stereocenters. The van der Waals surface area contributed by atoms with Crippen molar-refractivity contribution >= 4 is 44.2 Å². The largest absolute Gasteiger partial charge is 0.459 e. The first-order valence-electron chi connectivity index (χ1n) is 8.50. The first-order chi connectivity index (χ1) is 13.1. The topological polar surface area (TPSA) is 64.2 Å². The molecule has 6 nitrogen and oxygen atoms in total. The Labute approximate surface area is 165 Å². The van der Waals surface area contributed by atoms with Crippen LogP contribution in [0, 0.1) is 6.92 Å². The summed E-state index contributed by atoms with van der Waals surface area (Å²) in [6.07, 6.45) is 7.66. The first-order valence-corrected chi connectivity index (χ1v) is 9.69. The minimum atomic E-state index is -0.210. The van der Waals surface area contributed by atoms with Crippen molar-refractivity contribution in [2.24, 2.45) is 0 Å². The van der Waals surface area contributed by atoms with Crippen molar-refractivity contribution in [1.82, 2.24) is 14.5 Å². The average molecular weight is 401 g/mol. The second-order valence-electron chi connectivity index (χ2n) is 6.13. The van der Waals surface area contributed by atoms with Gasteiger partial charge < -0.3 is 8.98 Å². The lowest BCUT2D eigenvalue weighted by atomic mass is 10.2. The van der Waals surface area contributed by atoms with Crippen LogP contribution in [0.2, 0.25) is 5.02 Å². The monoisotopic (exact) mass is 400 g/mol. The highest BCUT2D eigenvalue weighted by molar-refractivity contribution is 7.23. The minimum Gasteiger partial charge on any atom is -0.459 e. The van der Waals surface area contributed by atoms with E-state index in [0.29, 0.717) is 22.5 Å². The molecule has 0 fully saturated rings. The molecule has 0 aliphatic rings. The van der Waals surface area contributed by atoms with Gasteiger partial charge in [0.1, 0.15) is 0 Å². The molecule has 8 heteroatoms. The number of carbonyl (C=O) groups excluding carboxylic acids is 1. The van der Waals surface area contributed by atoms with E-state index in [1.54, 1.807) is 29.6 Å². The standard InChI is InChI=1S/C19H17ClN4O2S/c1-13-5-6-14(20)17-16(13)22-19(27-17)24(18(25)15-4-2-11-26-15)9-3-8-23-10-7-21-12-23/h2,4-7,10-12H,3,8-9H2,1H3. The molecular weight excluding hydrogens is 384 g/mol. The zero-order chi connectivity index (χ0) is 18.8. The molecule has 4 aromatic rings. The van der Waals surface area contributed by atoms with Gasteiger partial charge in [-0.3, -0.25) is 9.69 Å². The molecule has 1 aromatic carbocycles. The Kier molecular flexibility index (Phi) is 4.96. The van der Waals surface area contributed by atoms with Gasteiger partial charge in [0, 0.05) is 25.5 Å². The van der Waals surface area contributed by atoms with Crippen LogP contribution in [-0.2, 0) is 6.54 Å². The molecule has 0 saturated heterocycles. The molecule has 0 aliphatic heterocycles. The van der Waals surface area contributed by atoms with Gasteiger partial charge in [-0.25, -0.2) is 9.97 Å². The van der Waals surface area contributed by atoms with Crippen LogP contribution in [0.25, 0.3) is 10.2 Å². The lowest BCUT2D eigenvalue weighted by molar-refractivity contribution is 0.0959. The van der Waals surface area contributed by atoms with E-state index in [1.807, 2.05) is 29.8 Å². The van der Waals surface area contributed by atoms with Gasteiger partial charge in [-0.05, 0) is 37.1 Å². The fraction of sp³-hybridized carbons (Fsp3) is 0.211. The van der Waals surface area contributed by atoms with E-state index in [4.69, 9.17) is 21.0 Å². The molecule has 0 saturated carbocycles. The lowest BCUT2D eigenvalue weighted by Gasteiger charge is -2.18. The second-order valence-corrected chi connectivity index (χ2v) is 7.51. The van der Waals surface area contributed by atoms with E-state index >= 15 is 0 Å². The summed E-state index contributed by atoms with van der Waals surface area (Å²) in [5.41, 5.74) is 1.86. The number of hydrogen-bond donors (Lipinski definition) is 0. The number of anilines is 1. The fourth-order valence-corrected chi connectivity index (χ4v) is 4.19. The zero-order valence-corrected chi connectivity index (χ0v) is 16.2. The predicted molar refractivity (Wildman–Crippen MR) is 107 cm³/mol. The number of imidazole rings is 1. The molecule has 0 aliphatic carbocycles. The van der Waals surface area contributed by atoms with Crippen molar-refractivity contribution in [2.45, 2.75) is 19.9 Å². The number of carbonyl (C=O) groups is 1. The van der Waals surface area contributed by atoms with Crippen molar-refractivity contribution in [2.75, 3.05) is 11.4 Å². The van der Waals surface area contributed by atoms with Crippen LogP contribution in [-0.4, -0.2) is 27.0 Å². The second kappa shape index (κ2) is 7.54. The van der Waals surface area contributed by atoms with Crippen LogP contribution in [0.4, 0.5) is 5.13 Å². The van der Waals surface area contributed by atoms with Crippen molar-refractivity contribution in [3.05, 3.63) is 65.6 Å². The van der Waals surface area contributed by atoms with E-state index < -0.39 is 0 Å². The number of nitrogens with zero attached hydrogens (tertiary/aromatic N) is 4. The van der Waals surface area contributed by atoms with Gasteiger partial charge in [0.05, 0.1) is 27.8 Å². The smallest absolute Gasteiger partial charge is 0.295 e. The average Bonchev–Trinajstić information content (AvgIpc) is 3.42. The summed E-state index contributed by atoms with van der Waals surface area (Å²) in [6, 6.07) is 7.16. The highest BCUT2D eigenvalue weighted by atomic mass is 35.5. The lowest BCUT2D eigenvalue weighted by Crippen LogP contribution is -2.32. The third kappa shape index (κ3) is 3.61. The maximum atomic E-state index is 13.0. The molecule has 4 rings (SSSR count). The van der Waals surface area contributed by atoms with Crippen LogP contribution in [0.5, 0.6) is 0 Å². The summed E-state index contributed by atoms with van der Waals surface area (Å²) in [6.45, 7) is 3.25. The number of rotatable bonds is 6. The van der Waals surface area contributed by atoms with Crippen molar-refractivity contribution in [3.63, 3.8) is 0 Å². The van der Waals surface area contributed by atoms with Gasteiger partial charge in [0.15, 0.2) is 10.9 Å². The minimum absolute atomic E-state index is 0.210. The molecule has 3 heterocycles. The molecule has 1 amide bonds. The third-order valence-corrected chi connectivity index (χ3v) is 5.79. The van der Waals surface area contributed by atoms with E-state index in [-0.39, 0.29) is 5.91 Å². The number of furan rings is 1. The Morgan fingerprint density at radius 2 is 2.26 bits per heavy atom. The maximum Gasteiger partial charge on any atom is 0.295 e. The summed E-state index contributed by atoms with van der Waals surface area (Å²) >= 11 is 7.76. The Hall–Kier alpha value is -2.64. The fourth-order valence-electron chi connectivity index (χ4n) is 2.85. The Morgan fingerprint density at radius 3 is 2.96 bits per heavy atom. The van der Waals surface area contributed by atoms with Crippen molar-refractivity contribution < 1.29 is 9.21 Å². The first kappa shape index (κ1) is 17.8. The van der Waals surface area contributed by atoms with E-state index in [9.17, 15) is 4.79 Å². The molecule has 138 valence electrons. The number of aromatic nitrogens is 3. The molecule has 0 radical (unpaired) electrons. The highest BCUT2D eigenvalue weighted by Crippen LogP contribution is 2.36. The van der Waals surface area contributed by atoms with Gasteiger partial charge >= 0.3 is 0 Å². The quantitative estimate of drug-likeness (QED) is 0.467. The molecule has 0 spiro atoms. The van der Waals surface area contributed by atoms with Crippen molar-refractivity contribution in [1.29, 1.82) is 0 Å². The summed E-state index contributed by atoms with van der Waals surface area (Å²) in [7, 11) is 0. The molecular formula is C19H17ClN4O2S. The van der Waals surface area contributed by atoms with Crippen LogP contribution in [0.3, 0.4) is 0 Å². The van der Waals surface area contributed by atoms with Crippen LogP contribution in [0.1, 0.15) is 22.5 Å². The zero-order valence-electron chi connectivity index (χ0n) is 14.6. The van der Waals surface area contributed by atoms with E-state index in [1.165, 1.54) is 17.6 Å². The van der Waals surface area contributed by atoms with Gasteiger partial charge in [-0.15, -0.1) is 0 Å². The van der Waals surface area contributed by atoms with Crippen LogP contribution in [0.15, 0.2) is 53.7 Å². The molecule has 27 heavy (non-hydrogen) atoms. The van der Waals surface area contributed by atoms with Gasteiger partial charge in [0.25, 0.3) is 5.91 Å². The summed E-state index contributed by atoms with van der Waals surface area (Å²) in [5, 5.41) is 1.26. The number of aryl methyl sites for hydroxylation is 2. The van der Waals surface area contributed by atoms with E-state index in [0.717, 1.165) is 28.7 Å². The van der Waals surface area contributed by atoms with Crippen molar-refractivity contribution in [3.8, 4) is 0 Å². The third-order valence-electron chi connectivity index (χ3n) is 4.25. The molecule has 0 atom stereocenters. The number of amides is 1. The number of halogens is 1. The molecule has 0 N–H and O–H groups in total. The van der Waals surface area contributed by atoms with Gasteiger partial charge in [-0.1, -0.05) is 29.0 Å². The summed E-state index contributed by atoms with van der Waals surface area (Å²) < 4.78 is 8.18. The number of hydrogen-bond acceptors (Lipinski definition) is 5. The number of fused-ring (bicyclic) bond motifs is 1. The SMILES string of the molecule is Cc1ccc(Cl)c2sc(N(CCCn3ccnc3)C(=O)c3ccco3)nc12. The maximum absolute atomic E-state index is 13.0. The molecule has 0 bridgehead atoms. The predicted octanol–water partition coefficient (Wildman–Crippen LogP) is 4.78.